The van der Waals surface area contributed by atoms with E-state index in [1.807, 2.05) is 13.8 Å². The smallest absolute Gasteiger partial charge is 0.0499 e. The van der Waals surface area contributed by atoms with Crippen molar-refractivity contribution in [2.75, 3.05) is 0 Å². The standard InChI is InChI=1S/C7H15N3/c1-5(8)4-6(9)7(2,3)10/h4,8H,9-10H2,1-3H3/b6-4+,8-5?. The molecule has 0 radical (unpaired) electrons. The van der Waals surface area contributed by atoms with Crippen LogP contribution in [0.15, 0.2) is 11.8 Å². The third kappa shape index (κ3) is 3.25. The predicted octanol–water partition coefficient (Wildman–Crippen LogP) is 0.606. The van der Waals surface area contributed by atoms with Gasteiger partial charge in [0.15, 0.2) is 0 Å². The summed E-state index contributed by atoms with van der Waals surface area (Å²) in [7, 11) is 0. The van der Waals surface area contributed by atoms with Crippen LogP contribution in [0.2, 0.25) is 0 Å². The van der Waals surface area contributed by atoms with E-state index in [0.29, 0.717) is 11.4 Å². The predicted molar refractivity (Wildman–Crippen MR) is 43.9 cm³/mol. The maximum Gasteiger partial charge on any atom is 0.0499 e. The maximum absolute atomic E-state index is 7.09. The summed E-state index contributed by atoms with van der Waals surface area (Å²) in [5, 5.41) is 7.09. The topological polar surface area (TPSA) is 75.9 Å². The highest BCUT2D eigenvalue weighted by Gasteiger charge is 2.13. The lowest BCUT2D eigenvalue weighted by molar-refractivity contribution is 0.604. The van der Waals surface area contributed by atoms with E-state index in [-0.39, 0.29) is 0 Å². The number of allylic oxidation sites excluding steroid dienone is 1. The molecule has 5 N–H and O–H groups in total. The molecular weight excluding hydrogens is 126 g/mol. The van der Waals surface area contributed by atoms with E-state index in [0.717, 1.165) is 0 Å². The van der Waals surface area contributed by atoms with E-state index in [9.17, 15) is 0 Å². The van der Waals surface area contributed by atoms with Gasteiger partial charge in [0.05, 0.1) is 0 Å². The summed E-state index contributed by atoms with van der Waals surface area (Å²) in [6, 6.07) is 0. The van der Waals surface area contributed by atoms with E-state index in [1.54, 1.807) is 13.0 Å². The van der Waals surface area contributed by atoms with Crippen LogP contribution >= 0.6 is 0 Å². The largest absolute Gasteiger partial charge is 0.400 e. The molecule has 10 heavy (non-hydrogen) atoms. The van der Waals surface area contributed by atoms with Crippen molar-refractivity contribution in [2.45, 2.75) is 26.3 Å². The van der Waals surface area contributed by atoms with E-state index >= 15 is 0 Å². The fourth-order valence-electron chi connectivity index (χ4n) is 0.419. The van der Waals surface area contributed by atoms with Gasteiger partial charge < -0.3 is 16.9 Å². The van der Waals surface area contributed by atoms with Crippen LogP contribution < -0.4 is 11.5 Å². The van der Waals surface area contributed by atoms with Gasteiger partial charge in [-0.3, -0.25) is 0 Å². The van der Waals surface area contributed by atoms with Crippen LogP contribution in [-0.4, -0.2) is 11.3 Å². The van der Waals surface area contributed by atoms with Crippen LogP contribution in [0.4, 0.5) is 0 Å². The van der Waals surface area contributed by atoms with Crippen LogP contribution in [0.5, 0.6) is 0 Å². The van der Waals surface area contributed by atoms with Gasteiger partial charge in [0, 0.05) is 16.9 Å². The van der Waals surface area contributed by atoms with Gasteiger partial charge in [0.25, 0.3) is 0 Å². The normalized spacial score (nSPS) is 13.4. The fourth-order valence-corrected chi connectivity index (χ4v) is 0.419. The average Bonchev–Trinajstić information content (AvgIpc) is 1.60. The molecule has 0 aliphatic rings. The number of nitrogens with one attached hydrogen (secondary N) is 1. The molecule has 0 aliphatic heterocycles. The van der Waals surface area contributed by atoms with Crippen molar-refractivity contribution in [1.29, 1.82) is 5.41 Å². The summed E-state index contributed by atoms with van der Waals surface area (Å²) in [5.41, 5.74) is 11.6. The molecule has 3 nitrogen and oxygen atoms in total. The first-order valence-electron chi connectivity index (χ1n) is 3.15. The minimum Gasteiger partial charge on any atom is -0.400 e. The zero-order valence-electron chi connectivity index (χ0n) is 6.73. The molecule has 0 aromatic carbocycles. The Bertz CT molecular complexity index is 162. The maximum atomic E-state index is 7.09. The molecule has 0 atom stereocenters. The highest BCUT2D eigenvalue weighted by molar-refractivity contribution is 5.90. The van der Waals surface area contributed by atoms with Crippen LogP contribution in [-0.2, 0) is 0 Å². The van der Waals surface area contributed by atoms with E-state index < -0.39 is 5.54 Å². The molecule has 58 valence electrons. The molecule has 0 amide bonds. The number of rotatable bonds is 2. The Morgan fingerprint density at radius 2 is 1.90 bits per heavy atom. The second-order valence-electron chi connectivity index (χ2n) is 3.00. The molecule has 0 spiro atoms. The molecule has 0 unspecified atom stereocenters. The third-order valence-electron chi connectivity index (χ3n) is 1.12. The zero-order chi connectivity index (χ0) is 8.36. The molecule has 0 saturated heterocycles. The Morgan fingerprint density at radius 1 is 1.50 bits per heavy atom. The van der Waals surface area contributed by atoms with Crippen LogP contribution in [0.1, 0.15) is 20.8 Å². The van der Waals surface area contributed by atoms with Crippen molar-refractivity contribution in [3.05, 3.63) is 11.8 Å². The molecule has 0 rings (SSSR count). The number of hydrogen-bond donors (Lipinski definition) is 3. The lowest BCUT2D eigenvalue weighted by atomic mass is 10.0. The van der Waals surface area contributed by atoms with Gasteiger partial charge in [-0.1, -0.05) is 0 Å². The molecule has 0 aliphatic carbocycles. The Kier molecular flexibility index (Phi) is 2.60. The van der Waals surface area contributed by atoms with Gasteiger partial charge in [0.1, 0.15) is 0 Å². The first kappa shape index (κ1) is 9.17. The van der Waals surface area contributed by atoms with Crippen molar-refractivity contribution >= 4 is 5.71 Å². The monoisotopic (exact) mass is 141 g/mol. The molecular formula is C7H15N3. The fraction of sp³-hybridized carbons (Fsp3) is 0.571. The lowest BCUT2D eigenvalue weighted by Gasteiger charge is -2.18. The highest BCUT2D eigenvalue weighted by atomic mass is 14.8. The van der Waals surface area contributed by atoms with E-state index in [1.165, 1.54) is 0 Å². The van der Waals surface area contributed by atoms with E-state index in [2.05, 4.69) is 0 Å². The Labute approximate surface area is 61.6 Å². The van der Waals surface area contributed by atoms with Gasteiger partial charge >= 0.3 is 0 Å². The number of nitrogens with two attached hydrogens (primary N) is 2. The second kappa shape index (κ2) is 2.84. The number of hydrogen-bond acceptors (Lipinski definition) is 3. The molecule has 0 bridgehead atoms. The third-order valence-corrected chi connectivity index (χ3v) is 1.12. The Balaban J connectivity index is 4.35. The van der Waals surface area contributed by atoms with Crippen molar-refractivity contribution in [2.24, 2.45) is 11.5 Å². The molecule has 3 heteroatoms. The van der Waals surface area contributed by atoms with Crippen molar-refractivity contribution in [3.8, 4) is 0 Å². The summed E-state index contributed by atoms with van der Waals surface area (Å²) in [4.78, 5) is 0. The minimum absolute atomic E-state index is 0.427. The second-order valence-corrected chi connectivity index (χ2v) is 3.00. The SMILES string of the molecule is CC(=N)/C=C(/N)C(C)(C)N. The van der Waals surface area contributed by atoms with Gasteiger partial charge in [-0.05, 0) is 26.8 Å². The zero-order valence-corrected chi connectivity index (χ0v) is 6.73. The lowest BCUT2D eigenvalue weighted by Crippen LogP contribution is -2.38. The molecule has 0 aromatic heterocycles. The van der Waals surface area contributed by atoms with Gasteiger partial charge in [-0.2, -0.15) is 0 Å². The summed E-state index contributed by atoms with van der Waals surface area (Å²) in [6.45, 7) is 5.28. The summed E-state index contributed by atoms with van der Waals surface area (Å²) in [6.07, 6.45) is 1.57. The van der Waals surface area contributed by atoms with Gasteiger partial charge in [0.2, 0.25) is 0 Å². The molecule has 0 saturated carbocycles. The van der Waals surface area contributed by atoms with Crippen molar-refractivity contribution in [3.63, 3.8) is 0 Å². The van der Waals surface area contributed by atoms with Crippen LogP contribution in [0.25, 0.3) is 0 Å². The minimum atomic E-state index is -0.512. The molecule has 0 aromatic rings. The first-order valence-corrected chi connectivity index (χ1v) is 3.15. The Morgan fingerprint density at radius 3 is 2.00 bits per heavy atom. The summed E-state index contributed by atoms with van der Waals surface area (Å²) < 4.78 is 0. The highest BCUT2D eigenvalue weighted by Crippen LogP contribution is 2.05. The average molecular weight is 141 g/mol. The summed E-state index contributed by atoms with van der Waals surface area (Å²) in [5.74, 6) is 0. The van der Waals surface area contributed by atoms with Crippen molar-refractivity contribution < 1.29 is 0 Å². The molecule has 0 fully saturated rings. The van der Waals surface area contributed by atoms with Gasteiger partial charge in [-0.15, -0.1) is 0 Å². The Hall–Kier alpha value is -0.830. The quantitative estimate of drug-likeness (QED) is 0.493. The first-order chi connectivity index (χ1) is 4.34. The van der Waals surface area contributed by atoms with Crippen molar-refractivity contribution in [1.82, 2.24) is 0 Å². The van der Waals surface area contributed by atoms with Crippen LogP contribution in [0, 0.1) is 5.41 Å². The summed E-state index contributed by atoms with van der Waals surface area (Å²) >= 11 is 0. The van der Waals surface area contributed by atoms with Crippen LogP contribution in [0.3, 0.4) is 0 Å². The van der Waals surface area contributed by atoms with E-state index in [4.69, 9.17) is 16.9 Å². The molecule has 0 heterocycles. The van der Waals surface area contributed by atoms with Gasteiger partial charge in [-0.25, -0.2) is 0 Å².